The molecule has 24 heavy (non-hydrogen) atoms. The summed E-state index contributed by atoms with van der Waals surface area (Å²) in [6.45, 7) is 12.0. The normalized spacial score (nSPS) is 14.4. The molecule has 0 aliphatic rings. The van der Waals surface area contributed by atoms with Gasteiger partial charge in [0.15, 0.2) is 0 Å². The van der Waals surface area contributed by atoms with Crippen LogP contribution in [0.3, 0.4) is 0 Å². The van der Waals surface area contributed by atoms with Gasteiger partial charge in [0.1, 0.15) is 12.4 Å². The topological polar surface area (TPSA) is 49.8 Å². The number of carbonyl (C=O) groups is 1. The monoisotopic (exact) mass is 419 g/mol. The minimum absolute atomic E-state index is 0.232. The molecule has 136 valence electrons. The molecule has 0 fully saturated rings. The molecule has 4 nitrogen and oxygen atoms in total. The lowest BCUT2D eigenvalue weighted by molar-refractivity contribution is -0.0108. The summed E-state index contributed by atoms with van der Waals surface area (Å²) in [6.07, 6.45) is -0.263. The number of hydrogen-bond donors (Lipinski definition) is 1. The maximum absolute atomic E-state index is 11.9. The Morgan fingerprint density at radius 3 is 2.33 bits per heavy atom. The number of rotatable bonds is 6. The van der Waals surface area contributed by atoms with Crippen molar-refractivity contribution < 1.29 is 14.6 Å². The highest BCUT2D eigenvalue weighted by atomic mass is 79.9. The van der Waals surface area contributed by atoms with Crippen LogP contribution in [0.25, 0.3) is 0 Å². The zero-order chi connectivity index (χ0) is 18.7. The number of halogens is 2. The fourth-order valence-corrected chi connectivity index (χ4v) is 3.98. The summed E-state index contributed by atoms with van der Waals surface area (Å²) in [6, 6.07) is 5.39. The van der Waals surface area contributed by atoms with E-state index in [9.17, 15) is 9.90 Å². The average molecular weight is 421 g/mol. The van der Waals surface area contributed by atoms with Gasteiger partial charge >= 0.3 is 6.09 Å². The van der Waals surface area contributed by atoms with Gasteiger partial charge in [0.05, 0.1) is 10.6 Å². The van der Waals surface area contributed by atoms with Crippen LogP contribution in [-0.2, 0) is 0 Å². The molecule has 0 aliphatic carbocycles. The van der Waals surface area contributed by atoms with Gasteiger partial charge in [-0.05, 0) is 58.2 Å². The van der Waals surface area contributed by atoms with Crippen LogP contribution in [0.15, 0.2) is 22.7 Å². The highest BCUT2D eigenvalue weighted by Crippen LogP contribution is 2.34. The van der Waals surface area contributed by atoms with Crippen molar-refractivity contribution >= 4 is 33.6 Å². The SMILES string of the molecule is CC(C)CC(C)(COc1ccc(Br)cc1Cl)N(C(=O)O)C(C)(C)C. The van der Waals surface area contributed by atoms with Crippen molar-refractivity contribution in [2.24, 2.45) is 5.92 Å². The Kier molecular flexibility index (Phi) is 7.00. The second-order valence-electron chi connectivity index (χ2n) is 7.75. The Balaban J connectivity index is 3.13. The summed E-state index contributed by atoms with van der Waals surface area (Å²) in [5, 5.41) is 10.3. The van der Waals surface area contributed by atoms with E-state index in [-0.39, 0.29) is 6.61 Å². The Hall–Kier alpha value is -0.940. The average Bonchev–Trinajstić information content (AvgIpc) is 2.33. The quantitative estimate of drug-likeness (QED) is 0.608. The molecule has 0 radical (unpaired) electrons. The van der Waals surface area contributed by atoms with Crippen molar-refractivity contribution in [3.63, 3.8) is 0 Å². The number of benzene rings is 1. The third-order valence-electron chi connectivity index (χ3n) is 3.68. The first-order valence-electron chi connectivity index (χ1n) is 7.98. The van der Waals surface area contributed by atoms with Gasteiger partial charge in [-0.1, -0.05) is 41.4 Å². The summed E-state index contributed by atoms with van der Waals surface area (Å²) < 4.78 is 6.79. The fraction of sp³-hybridized carbons (Fsp3) is 0.611. The maximum atomic E-state index is 11.9. The first-order valence-corrected chi connectivity index (χ1v) is 9.15. The molecule has 0 bridgehead atoms. The van der Waals surface area contributed by atoms with Crippen LogP contribution in [-0.4, -0.2) is 33.8 Å². The van der Waals surface area contributed by atoms with Crippen molar-refractivity contribution in [2.45, 2.75) is 59.0 Å². The van der Waals surface area contributed by atoms with Gasteiger partial charge in [-0.3, -0.25) is 4.90 Å². The molecule has 1 rings (SSSR count). The zero-order valence-electron chi connectivity index (χ0n) is 15.2. The summed E-state index contributed by atoms with van der Waals surface area (Å²) >= 11 is 9.57. The van der Waals surface area contributed by atoms with E-state index < -0.39 is 17.2 Å². The van der Waals surface area contributed by atoms with Gasteiger partial charge in [-0.15, -0.1) is 0 Å². The van der Waals surface area contributed by atoms with Gasteiger partial charge in [0.25, 0.3) is 0 Å². The summed E-state index contributed by atoms with van der Waals surface area (Å²) in [5.41, 5.74) is -1.21. The van der Waals surface area contributed by atoms with Crippen molar-refractivity contribution in [1.82, 2.24) is 4.90 Å². The van der Waals surface area contributed by atoms with E-state index in [0.29, 0.717) is 23.1 Å². The molecule has 6 heteroatoms. The highest BCUT2D eigenvalue weighted by molar-refractivity contribution is 9.10. The van der Waals surface area contributed by atoms with Crippen molar-refractivity contribution in [1.29, 1.82) is 0 Å². The van der Waals surface area contributed by atoms with Gasteiger partial charge in [0, 0.05) is 10.0 Å². The van der Waals surface area contributed by atoms with Crippen molar-refractivity contribution in [3.8, 4) is 5.75 Å². The van der Waals surface area contributed by atoms with Gasteiger partial charge < -0.3 is 9.84 Å². The maximum Gasteiger partial charge on any atom is 0.408 e. The second-order valence-corrected chi connectivity index (χ2v) is 9.07. The molecule has 0 saturated heterocycles. The molecule has 1 N–H and O–H groups in total. The van der Waals surface area contributed by atoms with E-state index in [0.717, 1.165) is 4.47 Å². The van der Waals surface area contributed by atoms with Gasteiger partial charge in [0.2, 0.25) is 0 Å². The number of ether oxygens (including phenoxy) is 1. The Bertz CT molecular complexity index is 586. The summed E-state index contributed by atoms with van der Waals surface area (Å²) in [5.74, 6) is 0.872. The zero-order valence-corrected chi connectivity index (χ0v) is 17.5. The van der Waals surface area contributed by atoms with E-state index in [1.807, 2.05) is 33.8 Å². The predicted octanol–water partition coefficient (Wildman–Crippen LogP) is 6.06. The molecule has 0 aromatic heterocycles. The van der Waals surface area contributed by atoms with Crippen LogP contribution in [0.1, 0.15) is 48.0 Å². The summed E-state index contributed by atoms with van der Waals surface area (Å²) in [7, 11) is 0. The molecule has 1 amide bonds. The smallest absolute Gasteiger partial charge is 0.408 e. The predicted molar refractivity (Wildman–Crippen MR) is 102 cm³/mol. The van der Waals surface area contributed by atoms with Crippen LogP contribution >= 0.6 is 27.5 Å². The lowest BCUT2D eigenvalue weighted by Crippen LogP contribution is -2.61. The Morgan fingerprint density at radius 2 is 1.92 bits per heavy atom. The minimum atomic E-state index is -0.948. The van der Waals surface area contributed by atoms with Gasteiger partial charge in [-0.25, -0.2) is 4.79 Å². The Labute approximate surface area is 158 Å². The molecule has 1 atom stereocenters. The van der Waals surface area contributed by atoms with E-state index in [1.165, 1.54) is 4.90 Å². The number of hydrogen-bond acceptors (Lipinski definition) is 2. The molecule has 1 aromatic carbocycles. The molecule has 1 aromatic rings. The Morgan fingerprint density at radius 1 is 1.33 bits per heavy atom. The van der Waals surface area contributed by atoms with Crippen molar-refractivity contribution in [2.75, 3.05) is 6.61 Å². The van der Waals surface area contributed by atoms with Crippen LogP contribution in [0.2, 0.25) is 5.02 Å². The third-order valence-corrected chi connectivity index (χ3v) is 4.47. The molecule has 0 saturated carbocycles. The molecule has 0 heterocycles. The minimum Gasteiger partial charge on any atom is -0.490 e. The third kappa shape index (κ3) is 5.55. The molecular weight excluding hydrogens is 394 g/mol. The fourth-order valence-electron chi connectivity index (χ4n) is 3.25. The van der Waals surface area contributed by atoms with Crippen molar-refractivity contribution in [3.05, 3.63) is 27.7 Å². The van der Waals surface area contributed by atoms with E-state index >= 15 is 0 Å². The first-order chi connectivity index (χ1) is 10.9. The number of carboxylic acid groups (broad SMARTS) is 1. The second kappa shape index (κ2) is 7.96. The number of amides is 1. The van der Waals surface area contributed by atoms with Crippen LogP contribution in [0.4, 0.5) is 4.79 Å². The van der Waals surface area contributed by atoms with Crippen LogP contribution < -0.4 is 4.74 Å². The summed E-state index contributed by atoms with van der Waals surface area (Å²) in [4.78, 5) is 13.4. The molecule has 0 spiro atoms. The van der Waals surface area contributed by atoms with E-state index in [4.69, 9.17) is 16.3 Å². The standard InChI is InChI=1S/C18H27BrClNO3/c1-12(2)10-18(6,21(16(22)23)17(3,4)5)11-24-15-8-7-13(19)9-14(15)20/h7-9,12H,10-11H2,1-6H3,(H,22,23). The lowest BCUT2D eigenvalue weighted by atomic mass is 9.86. The largest absolute Gasteiger partial charge is 0.490 e. The van der Waals surface area contributed by atoms with Crippen LogP contribution in [0, 0.1) is 5.92 Å². The molecule has 0 aliphatic heterocycles. The lowest BCUT2D eigenvalue weighted by Gasteiger charge is -2.47. The first kappa shape index (κ1) is 21.1. The molecular formula is C18H27BrClNO3. The van der Waals surface area contributed by atoms with E-state index in [1.54, 1.807) is 12.1 Å². The molecule has 1 unspecified atom stereocenters. The van der Waals surface area contributed by atoms with E-state index in [2.05, 4.69) is 29.8 Å². The highest BCUT2D eigenvalue weighted by Gasteiger charge is 2.43. The van der Waals surface area contributed by atoms with Crippen LogP contribution in [0.5, 0.6) is 5.75 Å². The van der Waals surface area contributed by atoms with Gasteiger partial charge in [-0.2, -0.15) is 0 Å². The number of nitrogens with zero attached hydrogens (tertiary/aromatic N) is 1.